The Labute approximate surface area is 174 Å². The second-order valence-corrected chi connectivity index (χ2v) is 6.79. The molecule has 1 heterocycles. The summed E-state index contributed by atoms with van der Waals surface area (Å²) in [5.74, 6) is 1.78. The van der Waals surface area contributed by atoms with Gasteiger partial charge >= 0.3 is 0 Å². The largest absolute Gasteiger partial charge is 0.494 e. The van der Waals surface area contributed by atoms with Crippen molar-refractivity contribution in [2.75, 3.05) is 32.8 Å². The van der Waals surface area contributed by atoms with E-state index in [1.807, 2.05) is 37.4 Å². The lowest BCUT2D eigenvalue weighted by Gasteiger charge is -2.18. The van der Waals surface area contributed by atoms with Crippen molar-refractivity contribution in [1.82, 2.24) is 9.88 Å². The van der Waals surface area contributed by atoms with Crippen LogP contribution in [0.15, 0.2) is 66.9 Å². The molecule has 0 bridgehead atoms. The number of ether oxygens (including phenoxy) is 2. The van der Waals surface area contributed by atoms with Crippen molar-refractivity contribution < 1.29 is 9.47 Å². The van der Waals surface area contributed by atoms with Crippen LogP contribution in [-0.2, 0) is 0 Å². The van der Waals surface area contributed by atoms with E-state index in [0.717, 1.165) is 53.5 Å². The van der Waals surface area contributed by atoms with Crippen LogP contribution in [0.4, 0.5) is 0 Å². The molecule has 0 aliphatic carbocycles. The summed E-state index contributed by atoms with van der Waals surface area (Å²) in [6.45, 7) is 10.8. The molecule has 3 rings (SSSR count). The lowest BCUT2D eigenvalue weighted by molar-refractivity contribution is 0.223. The fourth-order valence-corrected chi connectivity index (χ4v) is 3.20. The normalized spacial score (nSPS) is 10.9. The molecule has 0 spiro atoms. The van der Waals surface area contributed by atoms with E-state index in [0.29, 0.717) is 13.2 Å². The number of aromatic nitrogens is 1. The van der Waals surface area contributed by atoms with E-state index in [2.05, 4.69) is 60.1 Å². The molecule has 29 heavy (non-hydrogen) atoms. The van der Waals surface area contributed by atoms with Gasteiger partial charge in [-0.1, -0.05) is 32.0 Å². The van der Waals surface area contributed by atoms with Crippen molar-refractivity contribution in [1.29, 1.82) is 0 Å². The standard InChI is InChI=1S/C25H30N2O2/c1-4-27(5-2)17-18-29-24-14-9-21(10-15-24)25-16-11-22(19-26-25)20-7-12-23(13-8-20)28-6-3/h7-16,19H,4-6,17-18H2,1-3H3. The molecule has 0 aliphatic heterocycles. The second-order valence-electron chi connectivity index (χ2n) is 6.79. The van der Waals surface area contributed by atoms with Crippen LogP contribution in [-0.4, -0.2) is 42.7 Å². The van der Waals surface area contributed by atoms with E-state index in [-0.39, 0.29) is 0 Å². The molecule has 0 saturated heterocycles. The minimum absolute atomic E-state index is 0.676. The minimum atomic E-state index is 0.676. The van der Waals surface area contributed by atoms with Gasteiger partial charge in [-0.15, -0.1) is 0 Å². The Balaban J connectivity index is 1.61. The van der Waals surface area contributed by atoms with Gasteiger partial charge in [-0.2, -0.15) is 0 Å². The van der Waals surface area contributed by atoms with E-state index < -0.39 is 0 Å². The van der Waals surface area contributed by atoms with Gasteiger partial charge in [-0.3, -0.25) is 4.98 Å². The first-order valence-corrected chi connectivity index (χ1v) is 10.4. The van der Waals surface area contributed by atoms with Crippen LogP contribution in [0, 0.1) is 0 Å². The van der Waals surface area contributed by atoms with Crippen LogP contribution >= 0.6 is 0 Å². The van der Waals surface area contributed by atoms with E-state index in [4.69, 9.17) is 9.47 Å². The molecule has 0 amide bonds. The molecule has 4 nitrogen and oxygen atoms in total. The Bertz CT molecular complexity index is 855. The Kier molecular flexibility index (Phi) is 7.65. The number of benzene rings is 2. The van der Waals surface area contributed by atoms with Crippen LogP contribution in [0.5, 0.6) is 11.5 Å². The van der Waals surface area contributed by atoms with Crippen molar-refractivity contribution >= 4 is 0 Å². The van der Waals surface area contributed by atoms with Crippen LogP contribution in [0.2, 0.25) is 0 Å². The lowest BCUT2D eigenvalue weighted by atomic mass is 10.1. The van der Waals surface area contributed by atoms with Gasteiger partial charge in [0.1, 0.15) is 18.1 Å². The third-order valence-electron chi connectivity index (χ3n) is 4.98. The number of hydrogen-bond acceptors (Lipinski definition) is 4. The highest BCUT2D eigenvalue weighted by molar-refractivity contribution is 5.67. The third kappa shape index (κ3) is 5.81. The van der Waals surface area contributed by atoms with Crippen LogP contribution in [0.25, 0.3) is 22.4 Å². The molecule has 3 aromatic rings. The van der Waals surface area contributed by atoms with Crippen molar-refractivity contribution in [3.63, 3.8) is 0 Å². The maximum atomic E-state index is 5.86. The first kappa shape index (κ1) is 20.9. The number of nitrogens with zero attached hydrogens (tertiary/aromatic N) is 2. The van der Waals surface area contributed by atoms with Crippen LogP contribution in [0.1, 0.15) is 20.8 Å². The zero-order chi connectivity index (χ0) is 20.5. The summed E-state index contributed by atoms with van der Waals surface area (Å²) < 4.78 is 11.4. The molecule has 0 saturated carbocycles. The molecule has 4 heteroatoms. The summed E-state index contributed by atoms with van der Waals surface area (Å²) in [6, 6.07) is 20.4. The predicted molar refractivity (Wildman–Crippen MR) is 120 cm³/mol. The first-order valence-electron chi connectivity index (χ1n) is 10.4. The fraction of sp³-hybridized carbons (Fsp3) is 0.320. The van der Waals surface area contributed by atoms with Gasteiger partial charge in [-0.05, 0) is 68.0 Å². The molecule has 0 atom stereocenters. The van der Waals surface area contributed by atoms with Gasteiger partial charge < -0.3 is 14.4 Å². The Morgan fingerprint density at radius 2 is 1.28 bits per heavy atom. The van der Waals surface area contributed by atoms with Gasteiger partial charge in [0.2, 0.25) is 0 Å². The van der Waals surface area contributed by atoms with Crippen molar-refractivity contribution in [3.8, 4) is 33.9 Å². The number of pyridine rings is 1. The number of likely N-dealkylation sites (N-methyl/N-ethyl adjacent to an activating group) is 1. The third-order valence-corrected chi connectivity index (χ3v) is 4.98. The quantitative estimate of drug-likeness (QED) is 0.455. The monoisotopic (exact) mass is 390 g/mol. The van der Waals surface area contributed by atoms with Crippen LogP contribution < -0.4 is 9.47 Å². The first-order chi connectivity index (χ1) is 14.2. The van der Waals surface area contributed by atoms with E-state index in [9.17, 15) is 0 Å². The molecule has 2 aromatic carbocycles. The van der Waals surface area contributed by atoms with E-state index in [1.54, 1.807) is 0 Å². The van der Waals surface area contributed by atoms with Crippen molar-refractivity contribution in [2.45, 2.75) is 20.8 Å². The zero-order valence-electron chi connectivity index (χ0n) is 17.6. The van der Waals surface area contributed by atoms with Gasteiger partial charge in [-0.25, -0.2) is 0 Å². The number of hydrogen-bond donors (Lipinski definition) is 0. The van der Waals surface area contributed by atoms with E-state index >= 15 is 0 Å². The number of rotatable bonds is 10. The van der Waals surface area contributed by atoms with Crippen LogP contribution in [0.3, 0.4) is 0 Å². The minimum Gasteiger partial charge on any atom is -0.494 e. The smallest absolute Gasteiger partial charge is 0.119 e. The molecule has 0 N–H and O–H groups in total. The maximum absolute atomic E-state index is 5.86. The summed E-state index contributed by atoms with van der Waals surface area (Å²) in [7, 11) is 0. The summed E-state index contributed by atoms with van der Waals surface area (Å²) in [5.41, 5.74) is 4.26. The van der Waals surface area contributed by atoms with Gasteiger partial charge in [0.15, 0.2) is 0 Å². The highest BCUT2D eigenvalue weighted by Gasteiger charge is 2.04. The topological polar surface area (TPSA) is 34.6 Å². The molecular formula is C25H30N2O2. The molecule has 0 unspecified atom stereocenters. The summed E-state index contributed by atoms with van der Waals surface area (Å²) in [6.07, 6.45) is 1.92. The lowest BCUT2D eigenvalue weighted by Crippen LogP contribution is -2.27. The Hall–Kier alpha value is -2.85. The molecule has 0 aliphatic rings. The highest BCUT2D eigenvalue weighted by Crippen LogP contribution is 2.25. The summed E-state index contributed by atoms with van der Waals surface area (Å²) >= 11 is 0. The highest BCUT2D eigenvalue weighted by atomic mass is 16.5. The summed E-state index contributed by atoms with van der Waals surface area (Å²) in [5, 5.41) is 0. The fourth-order valence-electron chi connectivity index (χ4n) is 3.20. The molecule has 0 fully saturated rings. The summed E-state index contributed by atoms with van der Waals surface area (Å²) in [4.78, 5) is 6.99. The molecule has 0 radical (unpaired) electrons. The van der Waals surface area contributed by atoms with Crippen molar-refractivity contribution in [2.24, 2.45) is 0 Å². The Morgan fingerprint density at radius 3 is 1.83 bits per heavy atom. The molecule has 1 aromatic heterocycles. The van der Waals surface area contributed by atoms with Gasteiger partial charge in [0.25, 0.3) is 0 Å². The molecule has 152 valence electrons. The average molecular weight is 391 g/mol. The SMILES string of the molecule is CCOc1ccc(-c2ccc(-c3ccc(OCCN(CC)CC)cc3)nc2)cc1. The molecular weight excluding hydrogens is 360 g/mol. The zero-order valence-corrected chi connectivity index (χ0v) is 17.6. The Morgan fingerprint density at radius 1 is 0.690 bits per heavy atom. The van der Waals surface area contributed by atoms with Gasteiger partial charge in [0, 0.05) is 23.9 Å². The second kappa shape index (κ2) is 10.6. The maximum Gasteiger partial charge on any atom is 0.119 e. The van der Waals surface area contributed by atoms with Crippen molar-refractivity contribution in [3.05, 3.63) is 66.9 Å². The average Bonchev–Trinajstić information content (AvgIpc) is 2.78. The van der Waals surface area contributed by atoms with Gasteiger partial charge in [0.05, 0.1) is 12.3 Å². The predicted octanol–water partition coefficient (Wildman–Crippen LogP) is 5.53. The van der Waals surface area contributed by atoms with E-state index in [1.165, 1.54) is 0 Å².